The van der Waals surface area contributed by atoms with Crippen molar-refractivity contribution in [1.29, 1.82) is 0 Å². The molecule has 2 rings (SSSR count). The third-order valence-electron chi connectivity index (χ3n) is 6.09. The molecule has 0 bridgehead atoms. The molecule has 7 heteroatoms. The van der Waals surface area contributed by atoms with Crippen molar-refractivity contribution in [3.8, 4) is 0 Å². The Balaban J connectivity index is 0.000000327. The Bertz CT molecular complexity index is 909. The van der Waals surface area contributed by atoms with Gasteiger partial charge in [-0.2, -0.15) is 8.42 Å². The summed E-state index contributed by atoms with van der Waals surface area (Å²) in [6.07, 6.45) is 1.22. The van der Waals surface area contributed by atoms with Crippen LogP contribution in [0.1, 0.15) is 68.4 Å². The van der Waals surface area contributed by atoms with E-state index in [4.69, 9.17) is 9.66 Å². The van der Waals surface area contributed by atoms with Crippen molar-refractivity contribution >= 4 is 16.1 Å². The van der Waals surface area contributed by atoms with Crippen LogP contribution < -0.4 is 0 Å². The second kappa shape index (κ2) is 12.0. The summed E-state index contributed by atoms with van der Waals surface area (Å²) in [4.78, 5) is 10.0. The lowest BCUT2D eigenvalue weighted by atomic mass is 9.97. The summed E-state index contributed by atoms with van der Waals surface area (Å²) in [6, 6.07) is 13.6. The van der Waals surface area contributed by atoms with Crippen LogP contribution in [0.3, 0.4) is 0 Å². The number of carboxylic acid groups (broad SMARTS) is 1. The molecular formula is C24H36NO5S+. The maximum absolute atomic E-state index is 10.5. The average Bonchev–Trinajstić information content (AvgIpc) is 2.77. The highest BCUT2D eigenvalue weighted by atomic mass is 32.2. The van der Waals surface area contributed by atoms with Gasteiger partial charge in [0.2, 0.25) is 0 Å². The molecule has 172 valence electrons. The Morgan fingerprint density at radius 2 is 1.39 bits per heavy atom. The summed E-state index contributed by atoms with van der Waals surface area (Å²) >= 11 is 0. The normalized spacial score (nSPS) is 12.6. The van der Waals surface area contributed by atoms with E-state index in [0.717, 1.165) is 24.3 Å². The largest absolute Gasteiger partial charge is 0.478 e. The number of hydrogen-bond donors (Lipinski definition) is 2. The molecule has 0 aliphatic rings. The van der Waals surface area contributed by atoms with Crippen molar-refractivity contribution in [1.82, 2.24) is 0 Å². The standard InChI is InChI=1S/C17H30N.C7H6O5S/c1-6-15(5)17-12-10-16(11-13-17)14-18(7-2,8-3)9-4;8-7(9)5-1-3-6(4-2-5)13(10,11)12/h10-13,15H,6-9,14H2,1-5H3;1-4H,(H,8,9)(H,10,11,12)/q+1;. The predicted octanol–water partition coefficient (Wildman–Crippen LogP) is 5.21. The summed E-state index contributed by atoms with van der Waals surface area (Å²) in [6.45, 7) is 16.3. The maximum Gasteiger partial charge on any atom is 0.335 e. The van der Waals surface area contributed by atoms with Gasteiger partial charge in [0, 0.05) is 5.56 Å². The fourth-order valence-electron chi connectivity index (χ4n) is 3.35. The fraction of sp³-hybridized carbons (Fsp3) is 0.458. The minimum atomic E-state index is -4.24. The number of nitrogens with zero attached hydrogens (tertiary/aromatic N) is 1. The van der Waals surface area contributed by atoms with Gasteiger partial charge in [0.05, 0.1) is 30.1 Å². The lowest BCUT2D eigenvalue weighted by molar-refractivity contribution is -0.936. The smallest absolute Gasteiger partial charge is 0.335 e. The first kappa shape index (κ1) is 26.8. The Kier molecular flexibility index (Phi) is 10.4. The maximum atomic E-state index is 10.5. The van der Waals surface area contributed by atoms with E-state index >= 15 is 0 Å². The predicted molar refractivity (Wildman–Crippen MR) is 124 cm³/mol. The van der Waals surface area contributed by atoms with E-state index in [1.165, 1.54) is 48.2 Å². The van der Waals surface area contributed by atoms with E-state index < -0.39 is 16.1 Å². The lowest BCUT2D eigenvalue weighted by Crippen LogP contribution is -2.46. The van der Waals surface area contributed by atoms with Gasteiger partial charge < -0.3 is 9.59 Å². The summed E-state index contributed by atoms with van der Waals surface area (Å²) in [5.41, 5.74) is 2.92. The molecule has 1 unspecified atom stereocenters. The van der Waals surface area contributed by atoms with E-state index in [1.54, 1.807) is 0 Å². The van der Waals surface area contributed by atoms with Crippen LogP contribution in [0.15, 0.2) is 53.4 Å². The minimum absolute atomic E-state index is 0.0348. The zero-order valence-electron chi connectivity index (χ0n) is 19.2. The molecule has 2 aromatic carbocycles. The Labute approximate surface area is 186 Å². The van der Waals surface area contributed by atoms with Crippen LogP contribution in [-0.4, -0.2) is 48.2 Å². The van der Waals surface area contributed by atoms with Crippen LogP contribution in [0.2, 0.25) is 0 Å². The number of quaternary nitrogens is 1. The lowest BCUT2D eigenvalue weighted by Gasteiger charge is -2.36. The molecular weight excluding hydrogens is 414 g/mol. The Morgan fingerprint density at radius 1 is 0.903 bits per heavy atom. The fourth-order valence-corrected chi connectivity index (χ4v) is 3.83. The molecule has 0 spiro atoms. The van der Waals surface area contributed by atoms with Crippen LogP contribution in [0.4, 0.5) is 0 Å². The minimum Gasteiger partial charge on any atom is -0.478 e. The molecule has 0 amide bonds. The molecule has 0 saturated heterocycles. The van der Waals surface area contributed by atoms with Gasteiger partial charge in [-0.15, -0.1) is 0 Å². The van der Waals surface area contributed by atoms with E-state index in [0.29, 0.717) is 5.92 Å². The van der Waals surface area contributed by atoms with Crippen molar-refractivity contribution in [3.63, 3.8) is 0 Å². The van der Waals surface area contributed by atoms with E-state index in [-0.39, 0.29) is 10.5 Å². The first-order chi connectivity index (χ1) is 14.5. The van der Waals surface area contributed by atoms with E-state index in [2.05, 4.69) is 58.9 Å². The molecule has 0 saturated carbocycles. The van der Waals surface area contributed by atoms with Gasteiger partial charge >= 0.3 is 5.97 Å². The third kappa shape index (κ3) is 8.09. The molecule has 0 heterocycles. The number of aromatic carboxylic acids is 1. The number of hydrogen-bond acceptors (Lipinski definition) is 3. The van der Waals surface area contributed by atoms with Crippen molar-refractivity contribution in [2.75, 3.05) is 19.6 Å². The zero-order valence-corrected chi connectivity index (χ0v) is 20.0. The highest BCUT2D eigenvalue weighted by Gasteiger charge is 2.21. The van der Waals surface area contributed by atoms with Crippen LogP contribution >= 0.6 is 0 Å². The Hall–Kier alpha value is -2.22. The topological polar surface area (TPSA) is 91.7 Å². The Morgan fingerprint density at radius 3 is 1.74 bits per heavy atom. The summed E-state index contributed by atoms with van der Waals surface area (Å²) in [5, 5.41) is 8.47. The molecule has 1 atom stereocenters. The van der Waals surface area contributed by atoms with Gasteiger partial charge in [-0.1, -0.05) is 38.1 Å². The van der Waals surface area contributed by atoms with Gasteiger partial charge in [-0.25, -0.2) is 4.79 Å². The summed E-state index contributed by atoms with van der Waals surface area (Å²) in [7, 11) is -4.24. The molecule has 0 aliphatic carbocycles. The third-order valence-corrected chi connectivity index (χ3v) is 6.96. The highest BCUT2D eigenvalue weighted by Crippen LogP contribution is 2.21. The number of carboxylic acids is 1. The van der Waals surface area contributed by atoms with Crippen molar-refractivity contribution in [2.24, 2.45) is 0 Å². The van der Waals surface area contributed by atoms with E-state index in [1.807, 2.05) is 0 Å². The molecule has 0 radical (unpaired) electrons. The van der Waals surface area contributed by atoms with Crippen molar-refractivity contribution < 1.29 is 27.4 Å². The van der Waals surface area contributed by atoms with Crippen molar-refractivity contribution in [2.45, 2.75) is 58.4 Å². The van der Waals surface area contributed by atoms with Crippen LogP contribution in [0.25, 0.3) is 0 Å². The van der Waals surface area contributed by atoms with Crippen LogP contribution in [-0.2, 0) is 16.7 Å². The van der Waals surface area contributed by atoms with Gasteiger partial charge in [0.1, 0.15) is 6.54 Å². The SMILES string of the molecule is CCC(C)c1ccc(C[N+](CC)(CC)CC)cc1.O=C(O)c1ccc(S(=O)(=O)O)cc1. The molecule has 0 aromatic heterocycles. The van der Waals surface area contributed by atoms with Gasteiger partial charge in [0.25, 0.3) is 10.1 Å². The van der Waals surface area contributed by atoms with Crippen LogP contribution in [0.5, 0.6) is 0 Å². The van der Waals surface area contributed by atoms with Crippen molar-refractivity contribution in [3.05, 3.63) is 65.2 Å². The number of rotatable bonds is 9. The van der Waals surface area contributed by atoms with Gasteiger partial charge in [0.15, 0.2) is 0 Å². The molecule has 2 aromatic rings. The van der Waals surface area contributed by atoms with Crippen LogP contribution in [0, 0.1) is 0 Å². The second-order valence-electron chi connectivity index (χ2n) is 7.80. The molecule has 6 nitrogen and oxygen atoms in total. The summed E-state index contributed by atoms with van der Waals surface area (Å²) in [5.74, 6) is -0.469. The van der Waals surface area contributed by atoms with E-state index in [9.17, 15) is 13.2 Å². The second-order valence-corrected chi connectivity index (χ2v) is 9.23. The monoisotopic (exact) mass is 450 g/mol. The molecule has 0 aliphatic heterocycles. The zero-order chi connectivity index (χ0) is 23.7. The number of benzene rings is 2. The average molecular weight is 451 g/mol. The first-order valence-electron chi connectivity index (χ1n) is 10.8. The van der Waals surface area contributed by atoms with Gasteiger partial charge in [-0.05, 0) is 62.9 Å². The quantitative estimate of drug-likeness (QED) is 0.404. The molecule has 0 fully saturated rings. The number of carbonyl (C=O) groups is 1. The molecule has 31 heavy (non-hydrogen) atoms. The van der Waals surface area contributed by atoms with Gasteiger partial charge in [-0.3, -0.25) is 4.55 Å². The highest BCUT2D eigenvalue weighted by molar-refractivity contribution is 7.85. The summed E-state index contributed by atoms with van der Waals surface area (Å²) < 4.78 is 30.8. The first-order valence-corrected chi connectivity index (χ1v) is 12.2. The molecule has 2 N–H and O–H groups in total.